The van der Waals surface area contributed by atoms with Gasteiger partial charge in [-0.1, -0.05) is 35.0 Å². The molecule has 0 radical (unpaired) electrons. The second-order valence-electron chi connectivity index (χ2n) is 3.79. The van der Waals surface area contributed by atoms with E-state index in [-0.39, 0.29) is 0 Å². The first-order chi connectivity index (χ1) is 8.29. The average molecular weight is 294 g/mol. The van der Waals surface area contributed by atoms with Crippen LogP contribution in [0.2, 0.25) is 0 Å². The Kier molecular flexibility index (Phi) is 5.16. The van der Waals surface area contributed by atoms with Crippen LogP contribution in [0, 0.1) is 0 Å². The van der Waals surface area contributed by atoms with Crippen LogP contribution >= 0.6 is 35.0 Å². The van der Waals surface area contributed by atoms with E-state index in [0.29, 0.717) is 27.8 Å². The van der Waals surface area contributed by atoms with Crippen molar-refractivity contribution in [3.05, 3.63) is 16.5 Å². The SMILES string of the molecule is Cl/C=C(/Cl)CSc1nnc(C2CCCNC2)o1. The molecule has 0 spiro atoms. The molecule has 0 aromatic carbocycles. The van der Waals surface area contributed by atoms with Crippen LogP contribution < -0.4 is 5.32 Å². The predicted molar refractivity (Wildman–Crippen MR) is 69.7 cm³/mol. The lowest BCUT2D eigenvalue weighted by Gasteiger charge is -2.18. The lowest BCUT2D eigenvalue weighted by atomic mass is 10.00. The third-order valence-corrected chi connectivity index (χ3v) is 4.16. The molecule has 0 amide bonds. The van der Waals surface area contributed by atoms with E-state index in [2.05, 4.69) is 15.5 Å². The summed E-state index contributed by atoms with van der Waals surface area (Å²) < 4.78 is 5.59. The first-order valence-corrected chi connectivity index (χ1v) is 7.21. The van der Waals surface area contributed by atoms with E-state index in [4.69, 9.17) is 27.6 Å². The van der Waals surface area contributed by atoms with Gasteiger partial charge in [-0.05, 0) is 19.4 Å². The Morgan fingerprint density at radius 1 is 1.59 bits per heavy atom. The Morgan fingerprint density at radius 3 is 3.18 bits per heavy atom. The van der Waals surface area contributed by atoms with Gasteiger partial charge >= 0.3 is 0 Å². The molecule has 0 aliphatic carbocycles. The highest BCUT2D eigenvalue weighted by molar-refractivity contribution is 7.99. The topological polar surface area (TPSA) is 51.0 Å². The van der Waals surface area contributed by atoms with E-state index in [1.807, 2.05) is 0 Å². The van der Waals surface area contributed by atoms with Gasteiger partial charge in [0.15, 0.2) is 0 Å². The maximum Gasteiger partial charge on any atom is 0.276 e. The average Bonchev–Trinajstić information content (AvgIpc) is 2.86. The van der Waals surface area contributed by atoms with E-state index < -0.39 is 0 Å². The van der Waals surface area contributed by atoms with Gasteiger partial charge in [0, 0.05) is 28.8 Å². The maximum absolute atomic E-state index is 5.78. The minimum atomic E-state index is 0.338. The zero-order chi connectivity index (χ0) is 12.1. The molecular formula is C10H13Cl2N3OS. The van der Waals surface area contributed by atoms with Gasteiger partial charge in [-0.2, -0.15) is 0 Å². The molecule has 1 aliphatic rings. The second kappa shape index (κ2) is 6.64. The first-order valence-electron chi connectivity index (χ1n) is 5.41. The fourth-order valence-electron chi connectivity index (χ4n) is 1.67. The number of hydrogen-bond acceptors (Lipinski definition) is 5. The summed E-state index contributed by atoms with van der Waals surface area (Å²) in [7, 11) is 0. The summed E-state index contributed by atoms with van der Waals surface area (Å²) in [5.74, 6) is 1.60. The Morgan fingerprint density at radius 2 is 2.47 bits per heavy atom. The fourth-order valence-corrected chi connectivity index (χ4v) is 2.59. The summed E-state index contributed by atoms with van der Waals surface area (Å²) in [6.07, 6.45) is 2.25. The monoisotopic (exact) mass is 293 g/mol. The van der Waals surface area contributed by atoms with Crippen molar-refractivity contribution in [1.29, 1.82) is 0 Å². The number of halogens is 2. The number of rotatable bonds is 4. The van der Waals surface area contributed by atoms with Crippen LogP contribution in [0.3, 0.4) is 0 Å². The molecule has 1 fully saturated rings. The Hall–Kier alpha value is -0.230. The molecule has 7 heteroatoms. The minimum Gasteiger partial charge on any atom is -0.416 e. The van der Waals surface area contributed by atoms with Crippen LogP contribution in [0.5, 0.6) is 0 Å². The lowest BCUT2D eigenvalue weighted by molar-refractivity contribution is 0.344. The third kappa shape index (κ3) is 3.88. The van der Waals surface area contributed by atoms with Gasteiger partial charge in [-0.25, -0.2) is 0 Å². The molecule has 1 aromatic heterocycles. The van der Waals surface area contributed by atoms with Crippen LogP contribution in [-0.2, 0) is 0 Å². The zero-order valence-electron chi connectivity index (χ0n) is 9.16. The molecule has 17 heavy (non-hydrogen) atoms. The normalized spacial score (nSPS) is 21.8. The van der Waals surface area contributed by atoms with Crippen molar-refractivity contribution in [1.82, 2.24) is 15.5 Å². The van der Waals surface area contributed by atoms with E-state index >= 15 is 0 Å². The number of piperidine rings is 1. The highest BCUT2D eigenvalue weighted by atomic mass is 35.5. The van der Waals surface area contributed by atoms with Gasteiger partial charge in [-0.15, -0.1) is 10.2 Å². The molecular weight excluding hydrogens is 281 g/mol. The van der Waals surface area contributed by atoms with E-state index in [1.165, 1.54) is 17.3 Å². The molecule has 1 N–H and O–H groups in total. The quantitative estimate of drug-likeness (QED) is 0.865. The summed E-state index contributed by atoms with van der Waals surface area (Å²) in [6.45, 7) is 1.98. The second-order valence-corrected chi connectivity index (χ2v) is 5.42. The van der Waals surface area contributed by atoms with Crippen LogP contribution in [0.15, 0.2) is 20.2 Å². The molecule has 1 unspecified atom stereocenters. The molecule has 1 aliphatic heterocycles. The molecule has 1 atom stereocenters. The van der Waals surface area contributed by atoms with Crippen molar-refractivity contribution in [2.75, 3.05) is 18.8 Å². The fraction of sp³-hybridized carbons (Fsp3) is 0.600. The van der Waals surface area contributed by atoms with Crippen molar-refractivity contribution >= 4 is 35.0 Å². The summed E-state index contributed by atoms with van der Waals surface area (Å²) in [4.78, 5) is 0. The lowest BCUT2D eigenvalue weighted by Crippen LogP contribution is -2.28. The number of hydrogen-bond donors (Lipinski definition) is 1. The van der Waals surface area contributed by atoms with Crippen molar-refractivity contribution in [3.63, 3.8) is 0 Å². The largest absolute Gasteiger partial charge is 0.416 e. The highest BCUT2D eigenvalue weighted by Gasteiger charge is 2.21. The van der Waals surface area contributed by atoms with Gasteiger partial charge in [0.05, 0.1) is 0 Å². The highest BCUT2D eigenvalue weighted by Crippen LogP contribution is 2.26. The molecule has 4 nitrogen and oxygen atoms in total. The Labute approximate surface area is 114 Å². The van der Waals surface area contributed by atoms with Crippen molar-refractivity contribution in [2.45, 2.75) is 24.0 Å². The van der Waals surface area contributed by atoms with E-state index in [0.717, 1.165) is 25.9 Å². The Bertz CT molecular complexity index is 391. The zero-order valence-corrected chi connectivity index (χ0v) is 11.5. The van der Waals surface area contributed by atoms with Crippen LogP contribution in [-0.4, -0.2) is 29.0 Å². The summed E-state index contributed by atoms with van der Waals surface area (Å²) in [5, 5.41) is 12.5. The summed E-state index contributed by atoms with van der Waals surface area (Å²) >= 11 is 12.6. The molecule has 1 aromatic rings. The number of thioether (sulfide) groups is 1. The standard InChI is InChI=1S/C10H13Cl2N3OS/c11-4-8(12)6-17-10-15-14-9(16-10)7-2-1-3-13-5-7/h4,7,13H,1-3,5-6H2/b8-4+. The number of nitrogens with one attached hydrogen (secondary N) is 1. The van der Waals surface area contributed by atoms with Gasteiger partial charge in [0.25, 0.3) is 5.22 Å². The van der Waals surface area contributed by atoms with Gasteiger partial charge in [0.2, 0.25) is 5.89 Å². The molecule has 2 rings (SSSR count). The number of aromatic nitrogens is 2. The van der Waals surface area contributed by atoms with Crippen molar-refractivity contribution in [3.8, 4) is 0 Å². The van der Waals surface area contributed by atoms with Crippen molar-refractivity contribution in [2.24, 2.45) is 0 Å². The maximum atomic E-state index is 5.78. The smallest absolute Gasteiger partial charge is 0.276 e. The Balaban J connectivity index is 1.91. The van der Waals surface area contributed by atoms with Gasteiger partial charge in [0.1, 0.15) is 0 Å². The molecule has 1 saturated heterocycles. The van der Waals surface area contributed by atoms with Crippen LogP contribution in [0.4, 0.5) is 0 Å². The van der Waals surface area contributed by atoms with Gasteiger partial charge < -0.3 is 9.73 Å². The third-order valence-electron chi connectivity index (χ3n) is 2.52. The molecule has 2 heterocycles. The minimum absolute atomic E-state index is 0.338. The van der Waals surface area contributed by atoms with E-state index in [9.17, 15) is 0 Å². The van der Waals surface area contributed by atoms with E-state index in [1.54, 1.807) is 0 Å². The molecule has 94 valence electrons. The first kappa shape index (κ1) is 13.2. The number of nitrogens with zero attached hydrogens (tertiary/aromatic N) is 2. The summed E-state index contributed by atoms with van der Waals surface area (Å²) in [6, 6.07) is 0. The van der Waals surface area contributed by atoms with Crippen LogP contribution in [0.25, 0.3) is 0 Å². The van der Waals surface area contributed by atoms with Crippen LogP contribution in [0.1, 0.15) is 24.7 Å². The molecule has 0 bridgehead atoms. The molecule has 0 saturated carbocycles. The predicted octanol–water partition coefficient (Wildman–Crippen LogP) is 2.95. The van der Waals surface area contributed by atoms with Gasteiger partial charge in [-0.3, -0.25) is 0 Å². The van der Waals surface area contributed by atoms with Crippen molar-refractivity contribution < 1.29 is 4.42 Å². The summed E-state index contributed by atoms with van der Waals surface area (Å²) in [5.41, 5.74) is 1.34.